The molecule has 1 amide bonds. The van der Waals surface area contributed by atoms with Crippen molar-refractivity contribution in [3.8, 4) is 11.5 Å². The lowest BCUT2D eigenvalue weighted by Gasteiger charge is -2.44. The molecule has 2 bridgehead atoms. The molecule has 3 heterocycles. The quantitative estimate of drug-likeness (QED) is 0.871. The van der Waals surface area contributed by atoms with Crippen LogP contribution in [0.3, 0.4) is 0 Å². The Morgan fingerprint density at radius 2 is 2.15 bits per heavy atom. The van der Waals surface area contributed by atoms with Gasteiger partial charge < -0.3 is 20.1 Å². The SMILES string of the molecule is COc1cccc(C(=O)NC2CN3CCC2CC3)c1O. The van der Waals surface area contributed by atoms with Crippen LogP contribution in [0.1, 0.15) is 23.2 Å². The molecule has 3 aliphatic heterocycles. The van der Waals surface area contributed by atoms with Crippen molar-refractivity contribution in [2.24, 2.45) is 5.92 Å². The van der Waals surface area contributed by atoms with Crippen LogP contribution in [0.25, 0.3) is 0 Å². The lowest BCUT2D eigenvalue weighted by Crippen LogP contribution is -2.57. The van der Waals surface area contributed by atoms with Gasteiger partial charge in [-0.3, -0.25) is 4.79 Å². The highest BCUT2D eigenvalue weighted by molar-refractivity contribution is 5.97. The molecule has 1 atom stereocenters. The minimum absolute atomic E-state index is 0.0891. The zero-order chi connectivity index (χ0) is 14.1. The third-order valence-electron chi connectivity index (χ3n) is 4.44. The number of carbonyl (C=O) groups is 1. The van der Waals surface area contributed by atoms with Crippen LogP contribution in [0, 0.1) is 5.92 Å². The van der Waals surface area contributed by atoms with Gasteiger partial charge in [-0.25, -0.2) is 0 Å². The number of hydrogen-bond donors (Lipinski definition) is 2. The Labute approximate surface area is 118 Å². The van der Waals surface area contributed by atoms with Gasteiger partial charge in [-0.05, 0) is 44.0 Å². The van der Waals surface area contributed by atoms with Crippen molar-refractivity contribution in [1.82, 2.24) is 10.2 Å². The van der Waals surface area contributed by atoms with E-state index < -0.39 is 0 Å². The number of para-hydroxylation sites is 1. The van der Waals surface area contributed by atoms with Crippen LogP contribution in [0.4, 0.5) is 0 Å². The van der Waals surface area contributed by atoms with Gasteiger partial charge >= 0.3 is 0 Å². The van der Waals surface area contributed by atoms with E-state index in [1.807, 2.05) is 0 Å². The molecule has 0 aliphatic carbocycles. The predicted molar refractivity (Wildman–Crippen MR) is 75.1 cm³/mol. The van der Waals surface area contributed by atoms with Crippen molar-refractivity contribution < 1.29 is 14.6 Å². The third kappa shape index (κ3) is 2.33. The van der Waals surface area contributed by atoms with E-state index in [-0.39, 0.29) is 23.3 Å². The molecular weight excluding hydrogens is 256 g/mol. The van der Waals surface area contributed by atoms with E-state index in [0.717, 1.165) is 32.5 Å². The highest BCUT2D eigenvalue weighted by Crippen LogP contribution is 2.31. The van der Waals surface area contributed by atoms with Crippen LogP contribution in [0.15, 0.2) is 18.2 Å². The van der Waals surface area contributed by atoms with E-state index in [2.05, 4.69) is 10.2 Å². The Morgan fingerprint density at radius 3 is 2.75 bits per heavy atom. The van der Waals surface area contributed by atoms with E-state index in [1.54, 1.807) is 18.2 Å². The average Bonchev–Trinajstić information content (AvgIpc) is 2.48. The fourth-order valence-electron chi connectivity index (χ4n) is 3.25. The molecule has 0 radical (unpaired) electrons. The second kappa shape index (κ2) is 5.32. The van der Waals surface area contributed by atoms with Gasteiger partial charge in [-0.1, -0.05) is 6.07 Å². The van der Waals surface area contributed by atoms with E-state index in [4.69, 9.17) is 4.74 Å². The summed E-state index contributed by atoms with van der Waals surface area (Å²) in [6.07, 6.45) is 2.30. The number of aromatic hydroxyl groups is 1. The summed E-state index contributed by atoms with van der Waals surface area (Å²) < 4.78 is 5.04. The van der Waals surface area contributed by atoms with Crippen LogP contribution in [0.2, 0.25) is 0 Å². The highest BCUT2D eigenvalue weighted by Gasteiger charge is 2.35. The summed E-state index contributed by atoms with van der Waals surface area (Å²) in [7, 11) is 1.48. The fraction of sp³-hybridized carbons (Fsp3) is 0.533. The highest BCUT2D eigenvalue weighted by atomic mass is 16.5. The molecule has 2 N–H and O–H groups in total. The maximum atomic E-state index is 12.3. The molecule has 3 fully saturated rings. The van der Waals surface area contributed by atoms with E-state index >= 15 is 0 Å². The monoisotopic (exact) mass is 276 g/mol. The van der Waals surface area contributed by atoms with Crippen molar-refractivity contribution in [3.05, 3.63) is 23.8 Å². The number of phenolic OH excluding ortho intramolecular Hbond substituents is 1. The molecule has 1 aromatic carbocycles. The molecule has 0 aromatic heterocycles. The summed E-state index contributed by atoms with van der Waals surface area (Å²) in [5.74, 6) is 0.581. The maximum Gasteiger partial charge on any atom is 0.255 e. The first kappa shape index (κ1) is 13.2. The van der Waals surface area contributed by atoms with Crippen molar-refractivity contribution >= 4 is 5.91 Å². The number of carbonyl (C=O) groups excluding carboxylic acids is 1. The molecule has 5 nitrogen and oxygen atoms in total. The van der Waals surface area contributed by atoms with Crippen LogP contribution < -0.4 is 10.1 Å². The van der Waals surface area contributed by atoms with Crippen molar-refractivity contribution in [2.75, 3.05) is 26.7 Å². The molecular formula is C15H20N2O3. The number of piperidine rings is 3. The molecule has 1 unspecified atom stereocenters. The van der Waals surface area contributed by atoms with Gasteiger partial charge in [0.25, 0.3) is 5.91 Å². The number of nitrogens with zero attached hydrogens (tertiary/aromatic N) is 1. The summed E-state index contributed by atoms with van der Waals surface area (Å²) in [5, 5.41) is 13.1. The Kier molecular flexibility index (Phi) is 3.53. The van der Waals surface area contributed by atoms with Crippen LogP contribution in [-0.4, -0.2) is 48.7 Å². The Morgan fingerprint density at radius 1 is 1.40 bits per heavy atom. The number of amides is 1. The number of ether oxygens (including phenoxy) is 1. The molecule has 4 rings (SSSR count). The smallest absolute Gasteiger partial charge is 0.255 e. The van der Waals surface area contributed by atoms with Gasteiger partial charge in [0.05, 0.1) is 12.7 Å². The number of phenols is 1. The number of benzene rings is 1. The molecule has 20 heavy (non-hydrogen) atoms. The van der Waals surface area contributed by atoms with Gasteiger partial charge in [0.15, 0.2) is 11.5 Å². The lowest BCUT2D eigenvalue weighted by atomic mass is 9.84. The molecule has 5 heteroatoms. The minimum Gasteiger partial charge on any atom is -0.504 e. The van der Waals surface area contributed by atoms with E-state index in [9.17, 15) is 9.90 Å². The standard InChI is InChI=1S/C15H20N2O3/c1-20-13-4-2-3-11(14(13)18)15(19)16-12-9-17-7-5-10(12)6-8-17/h2-4,10,12,18H,5-9H2,1H3,(H,16,19). The molecule has 0 spiro atoms. The van der Waals surface area contributed by atoms with Gasteiger partial charge in [0.1, 0.15) is 0 Å². The number of rotatable bonds is 3. The Bertz CT molecular complexity index is 510. The van der Waals surface area contributed by atoms with Gasteiger partial charge in [0, 0.05) is 12.6 Å². The second-order valence-electron chi connectivity index (χ2n) is 5.57. The summed E-state index contributed by atoms with van der Waals surface area (Å²) in [6, 6.07) is 5.16. The first-order valence-corrected chi connectivity index (χ1v) is 7.08. The Balaban J connectivity index is 1.73. The topological polar surface area (TPSA) is 61.8 Å². The summed E-state index contributed by atoms with van der Waals surface area (Å²) in [5.41, 5.74) is 0.279. The maximum absolute atomic E-state index is 12.3. The molecule has 0 saturated carbocycles. The van der Waals surface area contributed by atoms with Gasteiger partial charge in [0.2, 0.25) is 0 Å². The number of methoxy groups -OCH3 is 1. The first-order valence-electron chi connectivity index (χ1n) is 7.08. The third-order valence-corrected chi connectivity index (χ3v) is 4.44. The second-order valence-corrected chi connectivity index (χ2v) is 5.57. The Hall–Kier alpha value is -1.75. The van der Waals surface area contributed by atoms with E-state index in [1.165, 1.54) is 7.11 Å². The first-order chi connectivity index (χ1) is 9.69. The molecule has 1 aromatic rings. The minimum atomic E-state index is -0.222. The zero-order valence-electron chi connectivity index (χ0n) is 11.6. The number of fused-ring (bicyclic) bond motifs is 3. The van der Waals surface area contributed by atoms with Crippen molar-refractivity contribution in [1.29, 1.82) is 0 Å². The van der Waals surface area contributed by atoms with Gasteiger partial charge in [-0.2, -0.15) is 0 Å². The van der Waals surface area contributed by atoms with E-state index in [0.29, 0.717) is 11.7 Å². The van der Waals surface area contributed by atoms with Crippen LogP contribution in [-0.2, 0) is 0 Å². The number of hydrogen-bond acceptors (Lipinski definition) is 4. The van der Waals surface area contributed by atoms with Crippen LogP contribution >= 0.6 is 0 Å². The number of nitrogens with one attached hydrogen (secondary N) is 1. The summed E-state index contributed by atoms with van der Waals surface area (Å²) in [6.45, 7) is 3.20. The average molecular weight is 276 g/mol. The normalized spacial score (nSPS) is 28.1. The molecule has 3 saturated heterocycles. The van der Waals surface area contributed by atoms with Crippen LogP contribution in [0.5, 0.6) is 11.5 Å². The molecule has 108 valence electrons. The largest absolute Gasteiger partial charge is 0.504 e. The van der Waals surface area contributed by atoms with Crippen molar-refractivity contribution in [2.45, 2.75) is 18.9 Å². The summed E-state index contributed by atoms with van der Waals surface area (Å²) >= 11 is 0. The van der Waals surface area contributed by atoms with Crippen molar-refractivity contribution in [3.63, 3.8) is 0 Å². The summed E-state index contributed by atoms with van der Waals surface area (Å²) in [4.78, 5) is 14.7. The van der Waals surface area contributed by atoms with Gasteiger partial charge in [-0.15, -0.1) is 0 Å². The zero-order valence-corrected chi connectivity index (χ0v) is 11.6. The lowest BCUT2D eigenvalue weighted by molar-refractivity contribution is 0.0619. The predicted octanol–water partition coefficient (Wildman–Crippen LogP) is 1.22. The fourth-order valence-corrected chi connectivity index (χ4v) is 3.25. The molecule has 3 aliphatic rings.